The van der Waals surface area contributed by atoms with Crippen molar-refractivity contribution < 1.29 is 3.38 Å². The average Bonchev–Trinajstić information content (AvgIpc) is 1.00. The predicted molar refractivity (Wildman–Crippen MR) is 21.8 cm³/mol. The van der Waals surface area contributed by atoms with Gasteiger partial charge in [0.15, 0.2) is 17.4 Å². The summed E-state index contributed by atoms with van der Waals surface area (Å²) in [6.45, 7) is 0. The molecule has 4 heavy (non-hydrogen) atoms. The first kappa shape index (κ1) is 19.9. The molecule has 1 nitrogen and oxygen atoms in total. The SMILES string of the molecule is N.[AlH3].[Li][F]. The Balaban J connectivity index is -0.00000000500. The predicted octanol–water partition coefficient (Wildman–Crippen LogP) is -0.982. The van der Waals surface area contributed by atoms with E-state index in [2.05, 4.69) is 0 Å². The van der Waals surface area contributed by atoms with Crippen LogP contribution in [-0.2, 0) is 0 Å². The molecule has 0 saturated heterocycles. The van der Waals surface area contributed by atoms with E-state index in [1.165, 1.54) is 0 Å². The molecule has 0 bridgehead atoms. The van der Waals surface area contributed by atoms with Crippen molar-refractivity contribution in [1.29, 1.82) is 0 Å². The molecule has 0 aliphatic rings. The Morgan fingerprint density at radius 2 is 1.25 bits per heavy atom. The third-order valence-corrected chi connectivity index (χ3v) is 0. The molecule has 22 valence electrons. The monoisotopic (exact) mass is 73.0 g/mol. The van der Waals surface area contributed by atoms with Crippen molar-refractivity contribution in [3.05, 3.63) is 0 Å². The number of halogens is 1. The molecule has 0 aromatic heterocycles. The zero-order valence-electron chi connectivity index (χ0n) is 2.09. The van der Waals surface area contributed by atoms with Crippen LogP contribution in [0.25, 0.3) is 0 Å². The van der Waals surface area contributed by atoms with E-state index in [0.29, 0.717) is 18.2 Å². The molecule has 0 heterocycles. The standard InChI is InChI=1S/Al.FH.Li.H3N.3H/h;1H;;1H3;;;/q;;+1;;;;/p-1. The quantitative estimate of drug-likeness (QED) is 0.367. The third-order valence-electron chi connectivity index (χ3n) is 0. The molecular formula is H6AlFLiN. The minimum absolute atomic E-state index is 0. The first-order valence-corrected chi connectivity index (χ1v) is 0.378. The van der Waals surface area contributed by atoms with Gasteiger partial charge in [-0.15, -0.1) is 0 Å². The fourth-order valence-electron chi connectivity index (χ4n) is 0. The maximum atomic E-state index is 9.50. The van der Waals surface area contributed by atoms with Crippen LogP contribution >= 0.6 is 0 Å². The van der Waals surface area contributed by atoms with Crippen molar-refractivity contribution in [2.24, 2.45) is 0 Å². The molecule has 0 radical (unpaired) electrons. The summed E-state index contributed by atoms with van der Waals surface area (Å²) in [5.74, 6) is 0. The van der Waals surface area contributed by atoms with Crippen molar-refractivity contribution >= 4 is 35.6 Å². The van der Waals surface area contributed by atoms with Gasteiger partial charge >= 0.3 is 21.6 Å². The van der Waals surface area contributed by atoms with E-state index >= 15 is 0 Å². The van der Waals surface area contributed by atoms with Crippen molar-refractivity contribution in [1.82, 2.24) is 6.15 Å². The van der Waals surface area contributed by atoms with Gasteiger partial charge in [0, 0.05) is 0 Å². The van der Waals surface area contributed by atoms with E-state index in [-0.39, 0.29) is 23.5 Å². The summed E-state index contributed by atoms with van der Waals surface area (Å²) >= 11 is 0.500. The van der Waals surface area contributed by atoms with Crippen LogP contribution in [0.4, 0.5) is 3.38 Å². The van der Waals surface area contributed by atoms with E-state index in [1.807, 2.05) is 0 Å². The molecule has 4 heteroatoms. The van der Waals surface area contributed by atoms with Crippen LogP contribution in [0, 0.1) is 0 Å². The van der Waals surface area contributed by atoms with Crippen LogP contribution in [0.15, 0.2) is 0 Å². The summed E-state index contributed by atoms with van der Waals surface area (Å²) in [6, 6.07) is 0. The van der Waals surface area contributed by atoms with E-state index in [1.54, 1.807) is 0 Å². The van der Waals surface area contributed by atoms with E-state index in [0.717, 1.165) is 0 Å². The molecular weight excluding hydrogens is 66.9 g/mol. The number of rotatable bonds is 0. The normalized spacial score (nSPS) is 1.75. The summed E-state index contributed by atoms with van der Waals surface area (Å²) < 4.78 is 9.50. The van der Waals surface area contributed by atoms with Crippen molar-refractivity contribution in [3.8, 4) is 0 Å². The number of hydrogen-bond acceptors (Lipinski definition) is 1. The molecule has 0 aromatic rings. The second kappa shape index (κ2) is 35.2. The Kier molecular flexibility index (Phi) is 175. The van der Waals surface area contributed by atoms with Crippen molar-refractivity contribution in [2.45, 2.75) is 0 Å². The summed E-state index contributed by atoms with van der Waals surface area (Å²) in [6.07, 6.45) is 0. The molecule has 0 rings (SSSR count). The Morgan fingerprint density at radius 1 is 1.25 bits per heavy atom. The first-order valence-electron chi connectivity index (χ1n) is 0.378. The Morgan fingerprint density at radius 3 is 1.25 bits per heavy atom. The van der Waals surface area contributed by atoms with Gasteiger partial charge < -0.3 is 6.15 Å². The van der Waals surface area contributed by atoms with Gasteiger partial charge in [-0.3, -0.25) is 0 Å². The van der Waals surface area contributed by atoms with Gasteiger partial charge in [-0.05, 0) is 0 Å². The van der Waals surface area contributed by atoms with Gasteiger partial charge in [0.2, 0.25) is 0 Å². The fourth-order valence-corrected chi connectivity index (χ4v) is 0. The van der Waals surface area contributed by atoms with Crippen molar-refractivity contribution in [3.63, 3.8) is 0 Å². The van der Waals surface area contributed by atoms with Crippen LogP contribution in [0.3, 0.4) is 0 Å². The molecule has 0 spiro atoms. The topological polar surface area (TPSA) is 35.0 Å². The van der Waals surface area contributed by atoms with Gasteiger partial charge in [0.05, 0.1) is 0 Å². The maximum absolute atomic E-state index is 9.50. The van der Waals surface area contributed by atoms with Crippen LogP contribution in [-0.4, -0.2) is 35.6 Å². The Labute approximate surface area is 45.4 Å². The Bertz CT molecular complexity index is 8.00. The van der Waals surface area contributed by atoms with Crippen LogP contribution in [0.2, 0.25) is 0 Å². The molecule has 0 aliphatic heterocycles. The summed E-state index contributed by atoms with van der Waals surface area (Å²) in [4.78, 5) is 0. The zero-order valence-corrected chi connectivity index (χ0v) is 2.09. The molecule has 3 N–H and O–H groups in total. The molecule has 0 saturated carbocycles. The summed E-state index contributed by atoms with van der Waals surface area (Å²) in [5.41, 5.74) is 0. The molecule has 0 aromatic carbocycles. The summed E-state index contributed by atoms with van der Waals surface area (Å²) in [5, 5.41) is 0. The van der Waals surface area contributed by atoms with Gasteiger partial charge in [-0.1, -0.05) is 0 Å². The third kappa shape index (κ3) is 11.8. The van der Waals surface area contributed by atoms with Gasteiger partial charge in [0.1, 0.15) is 0 Å². The number of hydrogen-bond donors (Lipinski definition) is 1. The van der Waals surface area contributed by atoms with E-state index in [4.69, 9.17) is 0 Å². The molecule has 0 fully saturated rings. The van der Waals surface area contributed by atoms with E-state index in [9.17, 15) is 3.38 Å². The second-order valence-corrected chi connectivity index (χ2v) is 0. The molecule has 0 amide bonds. The Hall–Kier alpha value is 1.02. The molecule has 0 aliphatic carbocycles. The van der Waals surface area contributed by atoms with Crippen LogP contribution < -0.4 is 6.15 Å². The average molecular weight is 73.0 g/mol. The summed E-state index contributed by atoms with van der Waals surface area (Å²) in [7, 11) is 0. The fraction of sp³-hybridized carbons (Fsp3) is 0. The second-order valence-electron chi connectivity index (χ2n) is 0. The molecule has 0 atom stereocenters. The zero-order chi connectivity index (χ0) is 2.00. The molecule has 0 unspecified atom stereocenters. The van der Waals surface area contributed by atoms with Crippen LogP contribution in [0.5, 0.6) is 0 Å². The van der Waals surface area contributed by atoms with Crippen LogP contribution in [0.1, 0.15) is 0 Å². The van der Waals surface area contributed by atoms with Gasteiger partial charge in [0.25, 0.3) is 0 Å². The van der Waals surface area contributed by atoms with Gasteiger partial charge in [-0.25, -0.2) is 0 Å². The van der Waals surface area contributed by atoms with Crippen molar-refractivity contribution in [2.75, 3.05) is 0 Å². The first-order chi connectivity index (χ1) is 1.00. The minimum atomic E-state index is 0. The van der Waals surface area contributed by atoms with E-state index < -0.39 is 0 Å². The van der Waals surface area contributed by atoms with Gasteiger partial charge in [-0.2, -0.15) is 0 Å².